The number of nitrogens with zero attached hydrogens (tertiary/aromatic N) is 2. The summed E-state index contributed by atoms with van der Waals surface area (Å²) >= 11 is 0. The molecule has 1 fully saturated rings. The molecule has 0 saturated carbocycles. The van der Waals surface area contributed by atoms with E-state index < -0.39 is 17.0 Å². The van der Waals surface area contributed by atoms with E-state index in [0.717, 1.165) is 12.5 Å². The number of halogens is 3. The van der Waals surface area contributed by atoms with Crippen molar-refractivity contribution in [3.63, 3.8) is 0 Å². The van der Waals surface area contributed by atoms with Crippen molar-refractivity contribution < 1.29 is 13.6 Å². The lowest BCUT2D eigenvalue weighted by Gasteiger charge is -2.21. The van der Waals surface area contributed by atoms with Gasteiger partial charge in [0.1, 0.15) is 11.6 Å². The van der Waals surface area contributed by atoms with Crippen LogP contribution in [0.4, 0.5) is 14.5 Å². The highest BCUT2D eigenvalue weighted by Crippen LogP contribution is 2.24. The largest absolute Gasteiger partial charge is 0.367 e. The average Bonchev–Trinajstić information content (AvgIpc) is 3.05. The fourth-order valence-electron chi connectivity index (χ4n) is 2.95. The maximum absolute atomic E-state index is 14.0. The molecule has 1 atom stereocenters. The molecule has 1 aromatic carbocycles. The van der Waals surface area contributed by atoms with Crippen molar-refractivity contribution in [2.75, 3.05) is 37.6 Å². The Kier molecular flexibility index (Phi) is 10.1. The summed E-state index contributed by atoms with van der Waals surface area (Å²) in [7, 11) is 0. The van der Waals surface area contributed by atoms with Gasteiger partial charge in [0, 0.05) is 43.7 Å². The third-order valence-electron chi connectivity index (χ3n) is 4.47. The maximum Gasteiger partial charge on any atom is 0.225 e. The minimum Gasteiger partial charge on any atom is -0.367 e. The van der Waals surface area contributed by atoms with Crippen LogP contribution in [0.25, 0.3) is 0 Å². The first-order valence-electron chi connectivity index (χ1n) is 9.74. The number of carbonyl (C=O) groups is 1. The van der Waals surface area contributed by atoms with E-state index in [-0.39, 0.29) is 35.9 Å². The molecular formula is C20H32F2IN5O. The monoisotopic (exact) mass is 523 g/mol. The Morgan fingerprint density at radius 2 is 2.00 bits per heavy atom. The summed E-state index contributed by atoms with van der Waals surface area (Å²) in [6, 6.07) is 3.76. The number of nitrogens with one attached hydrogen (secondary N) is 3. The van der Waals surface area contributed by atoms with Crippen molar-refractivity contribution in [2.24, 2.45) is 10.4 Å². The van der Waals surface area contributed by atoms with Crippen LogP contribution in [0.3, 0.4) is 0 Å². The third kappa shape index (κ3) is 7.94. The first-order chi connectivity index (χ1) is 13.2. The molecule has 0 aromatic heterocycles. The van der Waals surface area contributed by atoms with E-state index >= 15 is 0 Å². The van der Waals surface area contributed by atoms with Gasteiger partial charge in [-0.2, -0.15) is 0 Å². The number of guanidine groups is 1. The van der Waals surface area contributed by atoms with Crippen LogP contribution in [0.15, 0.2) is 23.2 Å². The van der Waals surface area contributed by atoms with Gasteiger partial charge in [-0.15, -0.1) is 24.0 Å². The Bertz CT molecular complexity index is 709. The average molecular weight is 523 g/mol. The third-order valence-corrected chi connectivity index (χ3v) is 4.47. The maximum atomic E-state index is 14.0. The molecule has 1 unspecified atom stereocenters. The zero-order valence-corrected chi connectivity index (χ0v) is 19.8. The molecule has 1 heterocycles. The minimum absolute atomic E-state index is 0. The Morgan fingerprint density at radius 3 is 2.62 bits per heavy atom. The van der Waals surface area contributed by atoms with E-state index in [9.17, 15) is 13.6 Å². The molecule has 0 radical (unpaired) electrons. The van der Waals surface area contributed by atoms with E-state index in [1.54, 1.807) is 0 Å². The molecular weight excluding hydrogens is 491 g/mol. The van der Waals surface area contributed by atoms with Crippen molar-refractivity contribution >= 4 is 41.5 Å². The van der Waals surface area contributed by atoms with Gasteiger partial charge in [0.05, 0.1) is 12.2 Å². The molecule has 29 heavy (non-hydrogen) atoms. The molecule has 9 heteroatoms. The van der Waals surface area contributed by atoms with E-state index in [4.69, 9.17) is 0 Å². The van der Waals surface area contributed by atoms with Crippen molar-refractivity contribution in [1.29, 1.82) is 0 Å². The summed E-state index contributed by atoms with van der Waals surface area (Å²) in [4.78, 5) is 18.3. The molecule has 3 N–H and O–H groups in total. The Balaban J connectivity index is 0.00000420. The lowest BCUT2D eigenvalue weighted by molar-refractivity contribution is -0.128. The van der Waals surface area contributed by atoms with Crippen molar-refractivity contribution in [3.05, 3.63) is 29.8 Å². The molecule has 164 valence electrons. The van der Waals surface area contributed by atoms with Crippen LogP contribution in [-0.4, -0.2) is 50.6 Å². The first-order valence-corrected chi connectivity index (χ1v) is 9.74. The van der Waals surface area contributed by atoms with E-state index in [0.29, 0.717) is 44.4 Å². The number of benzene rings is 1. The molecule has 6 nitrogen and oxygen atoms in total. The molecule has 2 rings (SSSR count). The number of anilines is 1. The molecule has 0 aliphatic carbocycles. The predicted molar refractivity (Wildman–Crippen MR) is 124 cm³/mol. The molecule has 1 aliphatic heterocycles. The number of amides is 1. The van der Waals surface area contributed by atoms with Crippen LogP contribution in [0.2, 0.25) is 0 Å². The summed E-state index contributed by atoms with van der Waals surface area (Å²) in [6.07, 6.45) is 0.821. The Morgan fingerprint density at radius 1 is 1.28 bits per heavy atom. The Labute approximate surface area is 188 Å². The summed E-state index contributed by atoms with van der Waals surface area (Å²) in [5, 5.41) is 9.41. The van der Waals surface area contributed by atoms with Crippen LogP contribution < -0.4 is 20.9 Å². The molecule has 1 saturated heterocycles. The van der Waals surface area contributed by atoms with Gasteiger partial charge >= 0.3 is 0 Å². The smallest absolute Gasteiger partial charge is 0.225 e. The summed E-state index contributed by atoms with van der Waals surface area (Å²) in [5.41, 5.74) is -0.00685. The SMILES string of the molecule is CCNC(=NCCNC(=O)C(C)(C)C)NC1CCN(c2ccc(F)cc2F)C1.I. The van der Waals surface area contributed by atoms with Crippen LogP contribution in [0.5, 0.6) is 0 Å². The second-order valence-corrected chi connectivity index (χ2v) is 7.94. The zero-order chi connectivity index (χ0) is 20.7. The van der Waals surface area contributed by atoms with Gasteiger partial charge in [0.15, 0.2) is 5.96 Å². The highest BCUT2D eigenvalue weighted by atomic mass is 127. The van der Waals surface area contributed by atoms with Gasteiger partial charge in [-0.3, -0.25) is 9.79 Å². The van der Waals surface area contributed by atoms with Gasteiger partial charge in [-0.05, 0) is 25.5 Å². The van der Waals surface area contributed by atoms with Crippen molar-refractivity contribution in [1.82, 2.24) is 16.0 Å². The fourth-order valence-corrected chi connectivity index (χ4v) is 2.95. The van der Waals surface area contributed by atoms with Crippen LogP contribution in [-0.2, 0) is 4.79 Å². The zero-order valence-electron chi connectivity index (χ0n) is 17.5. The standard InChI is InChI=1S/C20H31F2N5O.HI/c1-5-23-19(25-10-9-24-18(28)20(2,3)4)26-15-8-11-27(13-15)17-7-6-14(21)12-16(17)22;/h6-7,12,15H,5,8-11,13H2,1-4H3,(H,24,28)(H2,23,25,26);1H. The Hall–Kier alpha value is -1.65. The van der Waals surface area contributed by atoms with Gasteiger partial charge in [-0.25, -0.2) is 8.78 Å². The normalized spacial score (nSPS) is 17.0. The predicted octanol–water partition coefficient (Wildman–Crippen LogP) is 2.88. The van der Waals surface area contributed by atoms with E-state index in [2.05, 4.69) is 20.9 Å². The lowest BCUT2D eigenvalue weighted by Crippen LogP contribution is -2.45. The van der Waals surface area contributed by atoms with Crippen LogP contribution >= 0.6 is 24.0 Å². The van der Waals surface area contributed by atoms with Gasteiger partial charge in [-0.1, -0.05) is 20.8 Å². The highest BCUT2D eigenvalue weighted by Gasteiger charge is 2.25. The topological polar surface area (TPSA) is 68.8 Å². The van der Waals surface area contributed by atoms with Crippen molar-refractivity contribution in [2.45, 2.75) is 40.2 Å². The number of hydrogen-bond acceptors (Lipinski definition) is 3. The van der Waals surface area contributed by atoms with Crippen molar-refractivity contribution in [3.8, 4) is 0 Å². The number of rotatable bonds is 6. The summed E-state index contributed by atoms with van der Waals surface area (Å²) in [6.45, 7) is 10.5. The molecule has 1 aliphatic rings. The molecule has 0 spiro atoms. The number of hydrogen-bond donors (Lipinski definition) is 3. The second kappa shape index (κ2) is 11.5. The fraction of sp³-hybridized carbons (Fsp3) is 0.600. The van der Waals surface area contributed by atoms with Gasteiger partial charge < -0.3 is 20.9 Å². The van der Waals surface area contributed by atoms with E-state index in [1.165, 1.54) is 12.1 Å². The van der Waals surface area contributed by atoms with Gasteiger partial charge in [0.25, 0.3) is 0 Å². The highest BCUT2D eigenvalue weighted by molar-refractivity contribution is 14.0. The van der Waals surface area contributed by atoms with Gasteiger partial charge in [0.2, 0.25) is 5.91 Å². The molecule has 0 bridgehead atoms. The quantitative estimate of drug-likeness (QED) is 0.232. The molecule has 1 aromatic rings. The second-order valence-electron chi connectivity index (χ2n) is 7.94. The lowest BCUT2D eigenvalue weighted by atomic mass is 9.96. The number of aliphatic imine (C=N–C) groups is 1. The summed E-state index contributed by atoms with van der Waals surface area (Å²) in [5.74, 6) is -0.460. The first kappa shape index (κ1) is 25.4. The number of carbonyl (C=O) groups excluding carboxylic acids is 1. The van der Waals surface area contributed by atoms with Crippen LogP contribution in [0.1, 0.15) is 34.1 Å². The van der Waals surface area contributed by atoms with Crippen LogP contribution in [0, 0.1) is 17.0 Å². The molecule has 1 amide bonds. The minimum atomic E-state index is -0.574. The summed E-state index contributed by atoms with van der Waals surface area (Å²) < 4.78 is 27.1. The van der Waals surface area contributed by atoms with E-state index in [1.807, 2.05) is 32.6 Å².